The van der Waals surface area contributed by atoms with Gasteiger partial charge in [-0.15, -0.1) is 0 Å². The fraction of sp³-hybridized carbons (Fsp3) is 0.625. The molecule has 2 N–H and O–H groups in total. The Balaban J connectivity index is 1.53. The zero-order valence-electron chi connectivity index (χ0n) is 11.9. The SMILES string of the molecule is OC(CNCCC1CCCC1)COc1ccc(F)cc1. The quantitative estimate of drug-likeness (QED) is 0.720. The average Bonchev–Trinajstić information content (AvgIpc) is 2.96. The molecule has 1 aromatic rings. The zero-order valence-corrected chi connectivity index (χ0v) is 11.9. The monoisotopic (exact) mass is 281 g/mol. The van der Waals surface area contributed by atoms with Gasteiger partial charge in [0.2, 0.25) is 0 Å². The molecule has 0 aliphatic heterocycles. The Bertz CT molecular complexity index is 377. The molecule has 20 heavy (non-hydrogen) atoms. The Kier molecular flexibility index (Phi) is 6.27. The molecule has 0 aromatic heterocycles. The van der Waals surface area contributed by atoms with Gasteiger partial charge in [-0.3, -0.25) is 0 Å². The zero-order chi connectivity index (χ0) is 14.2. The van der Waals surface area contributed by atoms with Crippen molar-refractivity contribution in [2.75, 3.05) is 19.7 Å². The summed E-state index contributed by atoms with van der Waals surface area (Å²) in [4.78, 5) is 0. The van der Waals surface area contributed by atoms with E-state index in [1.807, 2.05) is 0 Å². The first kappa shape index (κ1) is 15.3. The van der Waals surface area contributed by atoms with Crippen molar-refractivity contribution in [3.8, 4) is 5.75 Å². The minimum absolute atomic E-state index is 0.224. The Morgan fingerprint density at radius 2 is 1.95 bits per heavy atom. The van der Waals surface area contributed by atoms with E-state index in [9.17, 15) is 9.50 Å². The maximum atomic E-state index is 12.7. The van der Waals surface area contributed by atoms with Crippen LogP contribution in [0.25, 0.3) is 0 Å². The summed E-state index contributed by atoms with van der Waals surface area (Å²) < 4.78 is 18.1. The van der Waals surface area contributed by atoms with E-state index in [2.05, 4.69) is 5.32 Å². The minimum atomic E-state index is -0.538. The summed E-state index contributed by atoms with van der Waals surface area (Å²) in [7, 11) is 0. The molecule has 0 heterocycles. The molecule has 0 bridgehead atoms. The first-order chi connectivity index (χ1) is 9.74. The van der Waals surface area contributed by atoms with E-state index >= 15 is 0 Å². The van der Waals surface area contributed by atoms with Gasteiger partial charge in [-0.1, -0.05) is 25.7 Å². The molecule has 1 unspecified atom stereocenters. The highest BCUT2D eigenvalue weighted by Gasteiger charge is 2.14. The van der Waals surface area contributed by atoms with Crippen molar-refractivity contribution in [1.29, 1.82) is 0 Å². The summed E-state index contributed by atoms with van der Waals surface area (Å²) >= 11 is 0. The van der Waals surface area contributed by atoms with E-state index in [4.69, 9.17) is 4.74 Å². The Labute approximate surface area is 120 Å². The first-order valence-corrected chi connectivity index (χ1v) is 7.51. The van der Waals surface area contributed by atoms with Crippen LogP contribution in [0.4, 0.5) is 4.39 Å². The molecule has 112 valence electrons. The Hall–Kier alpha value is -1.13. The third kappa shape index (κ3) is 5.47. The van der Waals surface area contributed by atoms with Crippen LogP contribution in [0.3, 0.4) is 0 Å². The highest BCUT2D eigenvalue weighted by Crippen LogP contribution is 2.26. The summed E-state index contributed by atoms with van der Waals surface area (Å²) in [5.74, 6) is 1.16. The number of hydrogen-bond donors (Lipinski definition) is 2. The van der Waals surface area contributed by atoms with E-state index in [0.29, 0.717) is 12.3 Å². The van der Waals surface area contributed by atoms with Crippen LogP contribution in [0.2, 0.25) is 0 Å². The normalized spacial score (nSPS) is 17.3. The number of nitrogens with one attached hydrogen (secondary N) is 1. The van der Waals surface area contributed by atoms with Gasteiger partial charge in [0.1, 0.15) is 24.3 Å². The van der Waals surface area contributed by atoms with Gasteiger partial charge in [-0.05, 0) is 43.1 Å². The number of aliphatic hydroxyl groups is 1. The fourth-order valence-corrected chi connectivity index (χ4v) is 2.66. The second-order valence-electron chi connectivity index (χ2n) is 5.56. The molecule has 0 amide bonds. The largest absolute Gasteiger partial charge is 0.491 e. The lowest BCUT2D eigenvalue weighted by Crippen LogP contribution is -2.32. The molecular formula is C16H24FNO2. The second kappa shape index (κ2) is 8.22. The van der Waals surface area contributed by atoms with Crippen molar-refractivity contribution in [3.05, 3.63) is 30.1 Å². The molecule has 4 heteroatoms. The predicted molar refractivity (Wildman–Crippen MR) is 77.3 cm³/mol. The van der Waals surface area contributed by atoms with Gasteiger partial charge >= 0.3 is 0 Å². The molecule has 0 saturated heterocycles. The summed E-state index contributed by atoms with van der Waals surface area (Å²) in [6.07, 6.45) is 6.13. The molecule has 1 aliphatic rings. The molecule has 3 nitrogen and oxygen atoms in total. The number of aliphatic hydroxyl groups excluding tert-OH is 1. The highest BCUT2D eigenvalue weighted by molar-refractivity contribution is 5.22. The Morgan fingerprint density at radius 1 is 1.25 bits per heavy atom. The standard InChI is InChI=1S/C16H24FNO2/c17-14-5-7-16(8-6-14)20-12-15(19)11-18-10-9-13-3-1-2-4-13/h5-8,13,15,18-19H,1-4,9-12H2. The lowest BCUT2D eigenvalue weighted by molar-refractivity contribution is 0.106. The topological polar surface area (TPSA) is 41.5 Å². The molecule has 1 saturated carbocycles. The average molecular weight is 281 g/mol. The van der Waals surface area contributed by atoms with Crippen LogP contribution in [-0.4, -0.2) is 30.9 Å². The van der Waals surface area contributed by atoms with Gasteiger partial charge in [-0.2, -0.15) is 0 Å². The minimum Gasteiger partial charge on any atom is -0.491 e. The van der Waals surface area contributed by atoms with Gasteiger partial charge in [0, 0.05) is 6.54 Å². The van der Waals surface area contributed by atoms with Crippen LogP contribution in [0.1, 0.15) is 32.1 Å². The third-order valence-electron chi connectivity index (χ3n) is 3.84. The third-order valence-corrected chi connectivity index (χ3v) is 3.84. The summed E-state index contributed by atoms with van der Waals surface area (Å²) in [5.41, 5.74) is 0. The molecule has 1 fully saturated rings. The molecular weight excluding hydrogens is 257 g/mol. The van der Waals surface area contributed by atoms with Crippen molar-refractivity contribution in [3.63, 3.8) is 0 Å². The van der Waals surface area contributed by atoms with Crippen LogP contribution in [0.15, 0.2) is 24.3 Å². The van der Waals surface area contributed by atoms with Crippen LogP contribution >= 0.6 is 0 Å². The molecule has 0 spiro atoms. The van der Waals surface area contributed by atoms with Gasteiger partial charge in [0.05, 0.1) is 0 Å². The molecule has 2 rings (SSSR count). The lowest BCUT2D eigenvalue weighted by atomic mass is 10.0. The van der Waals surface area contributed by atoms with Crippen LogP contribution in [0, 0.1) is 11.7 Å². The number of rotatable bonds is 8. The van der Waals surface area contributed by atoms with Gasteiger partial charge in [-0.25, -0.2) is 4.39 Å². The van der Waals surface area contributed by atoms with Crippen LogP contribution < -0.4 is 10.1 Å². The van der Waals surface area contributed by atoms with Crippen molar-refractivity contribution in [2.24, 2.45) is 5.92 Å². The maximum Gasteiger partial charge on any atom is 0.123 e. The van der Waals surface area contributed by atoms with Gasteiger partial charge in [0.15, 0.2) is 0 Å². The fourth-order valence-electron chi connectivity index (χ4n) is 2.66. The second-order valence-corrected chi connectivity index (χ2v) is 5.56. The highest BCUT2D eigenvalue weighted by atomic mass is 19.1. The number of benzene rings is 1. The van der Waals surface area contributed by atoms with Crippen LogP contribution in [0.5, 0.6) is 5.75 Å². The van der Waals surface area contributed by atoms with E-state index < -0.39 is 6.10 Å². The summed E-state index contributed by atoms with van der Waals surface area (Å²) in [5, 5.41) is 13.1. The number of hydrogen-bond acceptors (Lipinski definition) is 3. The first-order valence-electron chi connectivity index (χ1n) is 7.51. The van der Waals surface area contributed by atoms with Crippen molar-refractivity contribution >= 4 is 0 Å². The van der Waals surface area contributed by atoms with Crippen molar-refractivity contribution in [1.82, 2.24) is 5.32 Å². The number of ether oxygens (including phenoxy) is 1. The Morgan fingerprint density at radius 3 is 2.65 bits per heavy atom. The lowest BCUT2D eigenvalue weighted by Gasteiger charge is -2.14. The number of halogens is 1. The van der Waals surface area contributed by atoms with E-state index in [1.54, 1.807) is 12.1 Å². The maximum absolute atomic E-state index is 12.7. The van der Waals surface area contributed by atoms with Crippen molar-refractivity contribution < 1.29 is 14.2 Å². The molecule has 1 aliphatic carbocycles. The predicted octanol–water partition coefficient (Wildman–Crippen LogP) is 2.74. The molecule has 0 radical (unpaired) electrons. The van der Waals surface area contributed by atoms with Crippen LogP contribution in [-0.2, 0) is 0 Å². The smallest absolute Gasteiger partial charge is 0.123 e. The van der Waals surface area contributed by atoms with Gasteiger partial charge < -0.3 is 15.2 Å². The van der Waals surface area contributed by atoms with E-state index in [-0.39, 0.29) is 12.4 Å². The van der Waals surface area contributed by atoms with Crippen molar-refractivity contribution in [2.45, 2.75) is 38.2 Å². The summed E-state index contributed by atoms with van der Waals surface area (Å²) in [6.45, 7) is 1.72. The molecule has 1 atom stereocenters. The van der Waals surface area contributed by atoms with E-state index in [1.165, 1.54) is 44.2 Å². The van der Waals surface area contributed by atoms with Gasteiger partial charge in [0.25, 0.3) is 0 Å². The van der Waals surface area contributed by atoms with E-state index in [0.717, 1.165) is 12.5 Å². The summed E-state index contributed by atoms with van der Waals surface area (Å²) in [6, 6.07) is 5.83. The molecule has 1 aromatic carbocycles.